The number of benzene rings is 1. The van der Waals surface area contributed by atoms with Gasteiger partial charge in [-0.25, -0.2) is 4.79 Å². The first kappa shape index (κ1) is 12.1. The van der Waals surface area contributed by atoms with Crippen LogP contribution in [-0.2, 0) is 6.42 Å². The molecule has 0 amide bonds. The molecular formula is C14H12O4. The Morgan fingerprint density at radius 3 is 2.56 bits per heavy atom. The molecule has 0 radical (unpaired) electrons. The Morgan fingerprint density at radius 1 is 1.28 bits per heavy atom. The first-order chi connectivity index (χ1) is 8.63. The molecule has 0 atom stereocenters. The number of hydrogen-bond donors (Lipinski definition) is 1. The minimum absolute atomic E-state index is 0.0192. The first-order valence-corrected chi connectivity index (χ1v) is 5.59. The number of carbonyl (C=O) groups is 1. The molecular weight excluding hydrogens is 232 g/mol. The van der Waals surface area contributed by atoms with E-state index < -0.39 is 17.2 Å². The van der Waals surface area contributed by atoms with Gasteiger partial charge in [-0.2, -0.15) is 0 Å². The zero-order chi connectivity index (χ0) is 13.1. The quantitative estimate of drug-likeness (QED) is 0.840. The van der Waals surface area contributed by atoms with Crippen molar-refractivity contribution in [1.82, 2.24) is 0 Å². The van der Waals surface area contributed by atoms with Gasteiger partial charge >= 0.3 is 5.63 Å². The highest BCUT2D eigenvalue weighted by Gasteiger charge is 2.18. The van der Waals surface area contributed by atoms with Crippen LogP contribution in [0.3, 0.4) is 0 Å². The van der Waals surface area contributed by atoms with Crippen LogP contribution >= 0.6 is 0 Å². The van der Waals surface area contributed by atoms with Gasteiger partial charge in [0.2, 0.25) is 5.75 Å². The van der Waals surface area contributed by atoms with E-state index in [0.717, 1.165) is 0 Å². The molecule has 4 heteroatoms. The van der Waals surface area contributed by atoms with Crippen molar-refractivity contribution < 1.29 is 14.3 Å². The molecule has 1 heterocycles. The molecule has 0 aliphatic carbocycles. The minimum Gasteiger partial charge on any atom is -0.501 e. The monoisotopic (exact) mass is 244 g/mol. The molecule has 0 saturated heterocycles. The molecule has 0 bridgehead atoms. The van der Waals surface area contributed by atoms with E-state index in [1.54, 1.807) is 37.3 Å². The minimum atomic E-state index is -0.881. The van der Waals surface area contributed by atoms with E-state index in [-0.39, 0.29) is 5.56 Å². The lowest BCUT2D eigenvalue weighted by Gasteiger charge is -2.04. The maximum Gasteiger partial charge on any atom is 0.379 e. The van der Waals surface area contributed by atoms with Crippen molar-refractivity contribution in [2.75, 3.05) is 0 Å². The van der Waals surface area contributed by atoms with Crippen molar-refractivity contribution in [3.63, 3.8) is 0 Å². The molecule has 4 nitrogen and oxygen atoms in total. The van der Waals surface area contributed by atoms with Crippen LogP contribution in [0.5, 0.6) is 5.75 Å². The Hall–Kier alpha value is -2.36. The number of hydrogen-bond acceptors (Lipinski definition) is 4. The second kappa shape index (κ2) is 4.87. The normalized spacial score (nSPS) is 10.3. The highest BCUT2D eigenvalue weighted by molar-refractivity contribution is 6.10. The van der Waals surface area contributed by atoms with Crippen LogP contribution < -0.4 is 5.63 Å². The summed E-state index contributed by atoms with van der Waals surface area (Å²) in [6.45, 7) is 1.80. The van der Waals surface area contributed by atoms with Crippen molar-refractivity contribution in [1.29, 1.82) is 0 Å². The highest BCUT2D eigenvalue weighted by atomic mass is 16.4. The lowest BCUT2D eigenvalue weighted by Crippen LogP contribution is -2.10. The Bertz CT molecular complexity index is 626. The highest BCUT2D eigenvalue weighted by Crippen LogP contribution is 2.18. The van der Waals surface area contributed by atoms with Gasteiger partial charge in [-0.3, -0.25) is 4.79 Å². The van der Waals surface area contributed by atoms with Crippen molar-refractivity contribution in [3.05, 3.63) is 63.7 Å². The first-order valence-electron chi connectivity index (χ1n) is 5.59. The van der Waals surface area contributed by atoms with Gasteiger partial charge in [0.1, 0.15) is 5.76 Å². The van der Waals surface area contributed by atoms with Crippen molar-refractivity contribution in [3.8, 4) is 5.75 Å². The Balaban J connectivity index is 2.55. The van der Waals surface area contributed by atoms with Gasteiger partial charge in [0.15, 0.2) is 5.78 Å². The third-order valence-electron chi connectivity index (χ3n) is 2.61. The molecule has 1 N–H and O–H groups in total. The average molecular weight is 244 g/mol. The molecule has 1 aromatic carbocycles. The zero-order valence-corrected chi connectivity index (χ0v) is 9.84. The van der Waals surface area contributed by atoms with E-state index in [4.69, 9.17) is 4.42 Å². The van der Waals surface area contributed by atoms with Crippen molar-refractivity contribution in [2.24, 2.45) is 0 Å². The van der Waals surface area contributed by atoms with Crippen molar-refractivity contribution in [2.45, 2.75) is 13.3 Å². The van der Waals surface area contributed by atoms with Crippen LogP contribution in [0.4, 0.5) is 0 Å². The van der Waals surface area contributed by atoms with E-state index in [1.807, 2.05) is 0 Å². The number of ketones is 1. The van der Waals surface area contributed by atoms with Crippen LogP contribution in [0.15, 0.2) is 45.6 Å². The van der Waals surface area contributed by atoms with Crippen LogP contribution in [-0.4, -0.2) is 10.9 Å². The predicted octanol–water partition coefficient (Wildman–Crippen LogP) is 2.14. The van der Waals surface area contributed by atoms with Gasteiger partial charge in [0.05, 0.1) is 5.56 Å². The Morgan fingerprint density at radius 2 is 1.94 bits per heavy atom. The SMILES string of the molecule is CCc1cc(C(=O)c2ccccc2)c(O)c(=O)o1. The average Bonchev–Trinajstić information content (AvgIpc) is 2.42. The number of carbonyl (C=O) groups excluding carboxylic acids is 1. The maximum atomic E-state index is 12.1. The topological polar surface area (TPSA) is 67.5 Å². The fraction of sp³-hybridized carbons (Fsp3) is 0.143. The second-order valence-electron chi connectivity index (χ2n) is 3.81. The standard InChI is InChI=1S/C14H12O4/c1-2-10-8-11(13(16)14(17)18-10)12(15)9-6-4-3-5-7-9/h3-8,16H,2H2,1H3. The van der Waals surface area contributed by atoms with Crippen LogP contribution in [0, 0.1) is 0 Å². The summed E-state index contributed by atoms with van der Waals surface area (Å²) in [5.74, 6) is -0.658. The van der Waals surface area contributed by atoms with E-state index in [0.29, 0.717) is 17.7 Å². The summed E-state index contributed by atoms with van der Waals surface area (Å²) in [6, 6.07) is 9.89. The Kier molecular flexibility index (Phi) is 3.28. The third kappa shape index (κ3) is 2.18. The molecule has 0 spiro atoms. The summed E-state index contributed by atoms with van der Waals surface area (Å²) in [5, 5.41) is 9.62. The van der Waals surface area contributed by atoms with E-state index >= 15 is 0 Å². The van der Waals surface area contributed by atoms with Gasteiger partial charge < -0.3 is 9.52 Å². The number of aromatic hydroxyl groups is 1. The van der Waals surface area contributed by atoms with Gasteiger partial charge in [0, 0.05) is 12.0 Å². The zero-order valence-electron chi connectivity index (χ0n) is 9.84. The Labute approximate surface area is 104 Å². The second-order valence-corrected chi connectivity index (χ2v) is 3.81. The van der Waals surface area contributed by atoms with Gasteiger partial charge in [-0.1, -0.05) is 37.3 Å². The summed E-state index contributed by atoms with van der Waals surface area (Å²) < 4.78 is 4.83. The summed E-state index contributed by atoms with van der Waals surface area (Å²) in [4.78, 5) is 23.5. The number of aryl methyl sites for hydroxylation is 1. The third-order valence-corrected chi connectivity index (χ3v) is 2.61. The van der Waals surface area contributed by atoms with Gasteiger partial charge in [-0.05, 0) is 6.07 Å². The summed E-state index contributed by atoms with van der Waals surface area (Å²) in [5.41, 5.74) is -0.483. The fourth-order valence-corrected chi connectivity index (χ4v) is 1.63. The largest absolute Gasteiger partial charge is 0.501 e. The van der Waals surface area contributed by atoms with E-state index in [1.165, 1.54) is 6.07 Å². The molecule has 0 unspecified atom stereocenters. The maximum absolute atomic E-state index is 12.1. The van der Waals surface area contributed by atoms with Gasteiger partial charge in [-0.15, -0.1) is 0 Å². The van der Waals surface area contributed by atoms with E-state index in [9.17, 15) is 14.7 Å². The molecule has 2 rings (SSSR count). The van der Waals surface area contributed by atoms with Crippen LogP contribution in [0.25, 0.3) is 0 Å². The predicted molar refractivity (Wildman–Crippen MR) is 65.9 cm³/mol. The molecule has 0 fully saturated rings. The molecule has 0 aliphatic rings. The lowest BCUT2D eigenvalue weighted by molar-refractivity contribution is 0.103. The van der Waals surface area contributed by atoms with Crippen molar-refractivity contribution >= 4 is 5.78 Å². The molecule has 0 aliphatic heterocycles. The van der Waals surface area contributed by atoms with E-state index in [2.05, 4.69) is 0 Å². The summed E-state index contributed by atoms with van der Waals surface area (Å²) in [6.07, 6.45) is 0.477. The molecule has 1 aromatic heterocycles. The molecule has 18 heavy (non-hydrogen) atoms. The lowest BCUT2D eigenvalue weighted by atomic mass is 10.0. The fourth-order valence-electron chi connectivity index (χ4n) is 1.63. The smallest absolute Gasteiger partial charge is 0.379 e. The summed E-state index contributed by atoms with van der Waals surface area (Å²) >= 11 is 0. The molecule has 2 aromatic rings. The van der Waals surface area contributed by atoms with Crippen LogP contribution in [0.2, 0.25) is 0 Å². The van der Waals surface area contributed by atoms with Gasteiger partial charge in [0.25, 0.3) is 0 Å². The number of rotatable bonds is 3. The molecule has 0 saturated carbocycles. The molecule has 92 valence electrons. The van der Waals surface area contributed by atoms with Crippen LogP contribution in [0.1, 0.15) is 28.6 Å². The summed E-state index contributed by atoms with van der Waals surface area (Å²) in [7, 11) is 0.